The zero-order chi connectivity index (χ0) is 18.7. The van der Waals surface area contributed by atoms with E-state index in [1.807, 2.05) is 0 Å². The van der Waals surface area contributed by atoms with E-state index in [0.29, 0.717) is 9.54 Å². The smallest absolute Gasteiger partial charge is 1.00 e. The summed E-state index contributed by atoms with van der Waals surface area (Å²) in [5.74, 6) is 0.579. The standard InChI is InChI=1S/C21H23.C2H7OSi.2ClH.Zr/c1-4-6-16-13-19-7-5-8-20(21(19)14-16)18-11-9-17(10-12-18)15(2)3;1-4(2)3;;;/h5,7-15H,4,6H2,1-3H3;4H,1-2H3;2*1H;/q;-1;;;+3/p-2. The van der Waals surface area contributed by atoms with Gasteiger partial charge in [-0.05, 0) is 0 Å². The predicted molar refractivity (Wildman–Crippen MR) is 112 cm³/mol. The fourth-order valence-corrected chi connectivity index (χ4v) is 8.89. The first-order valence-corrected chi connectivity index (χ1v) is 15.1. The molecule has 0 radical (unpaired) electrons. The molecule has 0 aliphatic heterocycles. The van der Waals surface area contributed by atoms with Crippen LogP contribution in [0.4, 0.5) is 0 Å². The van der Waals surface area contributed by atoms with E-state index in [4.69, 9.17) is 2.50 Å². The Balaban J connectivity index is 0.00000196. The van der Waals surface area contributed by atoms with Gasteiger partial charge in [0, 0.05) is 0 Å². The van der Waals surface area contributed by atoms with E-state index in [0.717, 1.165) is 0 Å². The third-order valence-corrected chi connectivity index (χ3v) is 12.3. The Morgan fingerprint density at radius 3 is 2.29 bits per heavy atom. The summed E-state index contributed by atoms with van der Waals surface area (Å²) in [5, 5.41) is 0. The van der Waals surface area contributed by atoms with Crippen molar-refractivity contribution in [3.05, 3.63) is 64.7 Å². The van der Waals surface area contributed by atoms with Crippen LogP contribution in [0.25, 0.3) is 17.2 Å². The van der Waals surface area contributed by atoms with Crippen LogP contribution in [-0.2, 0) is 26.2 Å². The van der Waals surface area contributed by atoms with Crippen LogP contribution >= 0.6 is 0 Å². The monoisotopic (exact) mass is 510 g/mol. The molecule has 0 saturated heterocycles. The number of hydrogen-bond acceptors (Lipinski definition) is 1. The van der Waals surface area contributed by atoms with Crippen molar-refractivity contribution in [1.82, 2.24) is 0 Å². The maximum Gasteiger partial charge on any atom is -1.00 e. The van der Waals surface area contributed by atoms with E-state index in [1.54, 1.807) is 5.57 Å². The molecule has 1 nitrogen and oxygen atoms in total. The summed E-state index contributed by atoms with van der Waals surface area (Å²) in [6.07, 6.45) is 4.91. The normalized spacial score (nSPS) is 14.8. The molecule has 2 aromatic carbocycles. The van der Waals surface area contributed by atoms with Gasteiger partial charge in [0.2, 0.25) is 0 Å². The van der Waals surface area contributed by atoms with Gasteiger partial charge in [0.1, 0.15) is 0 Å². The molecule has 0 saturated carbocycles. The van der Waals surface area contributed by atoms with Gasteiger partial charge >= 0.3 is 173 Å². The van der Waals surface area contributed by atoms with E-state index in [2.05, 4.69) is 82.4 Å². The van der Waals surface area contributed by atoms with Gasteiger partial charge in [0.05, 0.1) is 0 Å². The molecule has 3 rings (SSSR count). The molecular weight excluding hydrogens is 482 g/mol. The van der Waals surface area contributed by atoms with Crippen molar-refractivity contribution in [2.24, 2.45) is 0 Å². The fourth-order valence-electron chi connectivity index (χ4n) is 3.61. The van der Waals surface area contributed by atoms with Gasteiger partial charge in [0.15, 0.2) is 0 Å². The minimum absolute atomic E-state index is 0. The van der Waals surface area contributed by atoms with Crippen molar-refractivity contribution >= 4 is 15.1 Å². The zero-order valence-corrected chi connectivity index (χ0v) is 22.6. The largest absolute Gasteiger partial charge is 1.00 e. The van der Waals surface area contributed by atoms with Crippen molar-refractivity contribution in [2.45, 2.75) is 56.3 Å². The van der Waals surface area contributed by atoms with E-state index < -0.39 is 32.7 Å². The summed E-state index contributed by atoms with van der Waals surface area (Å²) >= 11 is -0.870. The second kappa shape index (κ2) is 11.9. The quantitative estimate of drug-likeness (QED) is 0.497. The van der Waals surface area contributed by atoms with Gasteiger partial charge in [-0.2, -0.15) is 0 Å². The third kappa shape index (κ3) is 5.92. The van der Waals surface area contributed by atoms with Crippen LogP contribution in [0, 0.1) is 0 Å². The Labute approximate surface area is 197 Å². The van der Waals surface area contributed by atoms with Crippen LogP contribution in [0.3, 0.4) is 0 Å². The van der Waals surface area contributed by atoms with Crippen molar-refractivity contribution < 1.29 is 51.0 Å². The summed E-state index contributed by atoms with van der Waals surface area (Å²) in [5.41, 5.74) is 8.73. The van der Waals surface area contributed by atoms with Gasteiger partial charge in [-0.1, -0.05) is 0 Å². The van der Waals surface area contributed by atoms with Crippen LogP contribution in [0.5, 0.6) is 0 Å². The van der Waals surface area contributed by atoms with Gasteiger partial charge in [-0.15, -0.1) is 0 Å². The summed E-state index contributed by atoms with van der Waals surface area (Å²) in [6.45, 7) is 11.4. The van der Waals surface area contributed by atoms with Crippen LogP contribution in [-0.4, -0.2) is 9.04 Å². The minimum Gasteiger partial charge on any atom is -1.00 e. The van der Waals surface area contributed by atoms with Crippen LogP contribution in [0.15, 0.2) is 48.0 Å². The van der Waals surface area contributed by atoms with E-state index in [9.17, 15) is 0 Å². The molecule has 0 heterocycles. The Kier molecular flexibility index (Phi) is 11.0. The number of rotatable bonds is 7. The number of hydrogen-bond donors (Lipinski definition) is 0. The molecule has 0 spiro atoms. The first-order valence-electron chi connectivity index (χ1n) is 9.86. The summed E-state index contributed by atoms with van der Waals surface area (Å²) in [6, 6.07) is 16.0. The van der Waals surface area contributed by atoms with Crippen LogP contribution in [0.1, 0.15) is 59.8 Å². The molecule has 1 aliphatic carbocycles. The number of halogens is 2. The summed E-state index contributed by atoms with van der Waals surface area (Å²) in [7, 11) is -0.927. The third-order valence-electron chi connectivity index (χ3n) is 5.00. The van der Waals surface area contributed by atoms with Crippen molar-refractivity contribution in [2.75, 3.05) is 0 Å². The average molecular weight is 513 g/mol. The topological polar surface area (TPSA) is 9.23 Å². The SMILES string of the molecule is CCCC1=Cc2c(-c3ccc(C(C)C)cc3)cccc2[CH]1[Zr+2][O][SiH](C)C.[Cl-].[Cl-]. The first kappa shape index (κ1) is 25.9. The van der Waals surface area contributed by atoms with Crippen molar-refractivity contribution in [3.63, 3.8) is 0 Å². The molecular formula is C23H30Cl2OSiZr. The second-order valence-corrected chi connectivity index (χ2v) is 13.8. The number of fused-ring (bicyclic) bond motifs is 1. The van der Waals surface area contributed by atoms with Gasteiger partial charge in [-0.25, -0.2) is 0 Å². The molecule has 1 aliphatic rings. The molecule has 0 N–H and O–H groups in total. The molecule has 28 heavy (non-hydrogen) atoms. The number of allylic oxidation sites excluding steroid dienone is 1. The molecule has 0 amide bonds. The van der Waals surface area contributed by atoms with Crippen LogP contribution in [0.2, 0.25) is 13.1 Å². The molecule has 1 atom stereocenters. The zero-order valence-electron chi connectivity index (χ0n) is 17.4. The van der Waals surface area contributed by atoms with Gasteiger partial charge in [0.25, 0.3) is 0 Å². The average Bonchev–Trinajstić information content (AvgIpc) is 2.97. The Bertz CT molecular complexity index is 788. The molecule has 0 aromatic heterocycles. The summed E-state index contributed by atoms with van der Waals surface area (Å²) in [4.78, 5) is 0. The Morgan fingerprint density at radius 2 is 1.71 bits per heavy atom. The number of benzene rings is 2. The fraction of sp³-hybridized carbons (Fsp3) is 0.391. The maximum atomic E-state index is 6.31. The van der Waals surface area contributed by atoms with Crippen LogP contribution < -0.4 is 24.8 Å². The Morgan fingerprint density at radius 1 is 1.04 bits per heavy atom. The second-order valence-electron chi connectivity index (χ2n) is 7.77. The van der Waals surface area contributed by atoms with Crippen molar-refractivity contribution in [3.8, 4) is 11.1 Å². The van der Waals surface area contributed by atoms with Gasteiger partial charge < -0.3 is 24.8 Å². The summed E-state index contributed by atoms with van der Waals surface area (Å²) < 4.78 is 6.92. The molecule has 0 fully saturated rings. The van der Waals surface area contributed by atoms with Crippen molar-refractivity contribution in [1.29, 1.82) is 0 Å². The molecule has 1 unspecified atom stereocenters. The molecule has 2 aromatic rings. The minimum atomic E-state index is -0.927. The molecule has 5 heteroatoms. The van der Waals surface area contributed by atoms with E-state index >= 15 is 0 Å². The predicted octanol–water partition coefficient (Wildman–Crippen LogP) is 0.721. The first-order chi connectivity index (χ1) is 12.5. The maximum absolute atomic E-state index is 6.31. The van der Waals surface area contributed by atoms with E-state index in [-0.39, 0.29) is 24.8 Å². The van der Waals surface area contributed by atoms with Gasteiger partial charge in [-0.3, -0.25) is 0 Å². The Hall–Kier alpha value is -0.180. The molecule has 0 bridgehead atoms. The molecule has 150 valence electrons. The van der Waals surface area contributed by atoms with E-state index in [1.165, 1.54) is 40.7 Å².